The minimum Gasteiger partial charge on any atom is -0.497 e. The van der Waals surface area contributed by atoms with Gasteiger partial charge >= 0.3 is 0 Å². The second kappa shape index (κ2) is 20.3. The summed E-state index contributed by atoms with van der Waals surface area (Å²) in [5.74, 6) is 1.24. The second-order valence-electron chi connectivity index (χ2n) is 20.7. The van der Waals surface area contributed by atoms with Crippen LogP contribution in [0.1, 0.15) is 128 Å². The van der Waals surface area contributed by atoms with Crippen molar-refractivity contribution in [3.63, 3.8) is 0 Å². The molecule has 0 aromatic heterocycles. The Bertz CT molecular complexity index is 1380. The highest BCUT2D eigenvalue weighted by Gasteiger charge is 2.58. The first-order chi connectivity index (χ1) is 25.1. The van der Waals surface area contributed by atoms with Gasteiger partial charge in [-0.15, -0.1) is 0 Å². The lowest BCUT2D eigenvalue weighted by Gasteiger charge is -2.47. The lowest BCUT2D eigenvalue weighted by Crippen LogP contribution is -2.55. The summed E-state index contributed by atoms with van der Waals surface area (Å²) in [4.78, 5) is 0. The summed E-state index contributed by atoms with van der Waals surface area (Å²) >= 11 is 2.45. The molecule has 2 rings (SSSR count). The summed E-state index contributed by atoms with van der Waals surface area (Å²) < 4.78 is 36.2. The van der Waals surface area contributed by atoms with Crippen LogP contribution in [0.2, 0.25) is 54.4 Å². The molecule has 0 N–H and O–H groups in total. The number of hydrogen-bond donors (Lipinski definition) is 0. The molecule has 1 aliphatic carbocycles. The first-order valence-electron chi connectivity index (χ1n) is 21.4. The maximum absolute atomic E-state index is 7.74. The normalized spacial score (nSPS) is 23.0. The molecule has 0 amide bonds. The van der Waals surface area contributed by atoms with Crippen LogP contribution in [0.5, 0.6) is 5.75 Å². The predicted molar refractivity (Wildman–Crippen MR) is 254 cm³/mol. The molecule has 0 heterocycles. The average Bonchev–Trinajstić information content (AvgIpc) is 3.31. The molecule has 318 valence electrons. The van der Waals surface area contributed by atoms with Gasteiger partial charge in [0.25, 0.3) is 0 Å². The van der Waals surface area contributed by atoms with Crippen molar-refractivity contribution < 1.29 is 22.8 Å². The third kappa shape index (κ3) is 13.9. The zero-order valence-corrected chi connectivity index (χ0v) is 44.2. The minimum atomic E-state index is -2.24. The lowest BCUT2D eigenvalue weighted by molar-refractivity contribution is -0.0655. The predicted octanol–water partition coefficient (Wildman–Crippen LogP) is 14.9. The summed E-state index contributed by atoms with van der Waals surface area (Å²) in [6, 6.07) is 11.7. The van der Waals surface area contributed by atoms with Crippen molar-refractivity contribution in [1.82, 2.24) is 0 Å². The van der Waals surface area contributed by atoms with Crippen LogP contribution in [-0.4, -0.2) is 56.5 Å². The number of allylic oxidation sites excluding steroid dienone is 3. The van der Waals surface area contributed by atoms with E-state index in [2.05, 4.69) is 170 Å². The standard InChI is InChI=1S/C46H85IO5Si3/c1-20-55(21-2,22-3)50-41(45(13,14)30-29-37(6)47)28-23-35(4)31-40-42(51-53(16,17)43(7,8)9)36(5)32-46(40,52-54(18,19)44(10,11)12)34-49-33-38-24-26-39(48-15)27-25-38/h24-27,29,31,36,40-42H,20-23,28,30,32-34H2,1-19H3/b35-31+,37-29+/t36-,40-,41?,42+,46-/m0/s1. The third-order valence-electron chi connectivity index (χ3n) is 13.8. The summed E-state index contributed by atoms with van der Waals surface area (Å²) in [5.41, 5.74) is 2.07. The van der Waals surface area contributed by atoms with E-state index in [-0.39, 0.29) is 33.6 Å². The number of methoxy groups -OCH3 is 1. The molecular weight excluding hydrogens is 844 g/mol. The van der Waals surface area contributed by atoms with Gasteiger partial charge < -0.3 is 22.8 Å². The number of halogens is 1. The van der Waals surface area contributed by atoms with E-state index in [1.165, 1.54) is 27.3 Å². The van der Waals surface area contributed by atoms with E-state index in [1.807, 2.05) is 12.1 Å². The molecule has 1 unspecified atom stereocenters. The molecule has 1 aromatic rings. The Labute approximate surface area is 357 Å². The molecule has 0 spiro atoms. The SMILES string of the molecule is CC[Si](CC)(CC)OC(CC/C(C)=C/[C@H]1[C@H](O[Si](C)(C)C(C)(C)C)[C@@H](C)C[C@@]1(COCc1ccc(OC)cc1)O[Si](C)(C)C(C)(C)C)C(C)(C)C/C=C(\C)I. The summed E-state index contributed by atoms with van der Waals surface area (Å²) in [6.07, 6.45) is 9.15. The van der Waals surface area contributed by atoms with Gasteiger partial charge in [0.15, 0.2) is 25.0 Å². The summed E-state index contributed by atoms with van der Waals surface area (Å²) in [5, 5.41) is 0.150. The molecule has 5 nitrogen and oxygen atoms in total. The Kier molecular flexibility index (Phi) is 18.8. The highest BCUT2D eigenvalue weighted by molar-refractivity contribution is 14.1. The van der Waals surface area contributed by atoms with Crippen molar-refractivity contribution in [2.45, 2.75) is 201 Å². The first-order valence-corrected chi connectivity index (χ1v) is 30.8. The van der Waals surface area contributed by atoms with Gasteiger partial charge in [-0.25, -0.2) is 0 Å². The van der Waals surface area contributed by atoms with Crippen molar-refractivity contribution in [2.75, 3.05) is 13.7 Å². The van der Waals surface area contributed by atoms with Crippen molar-refractivity contribution in [3.8, 4) is 5.75 Å². The molecule has 1 aliphatic rings. The van der Waals surface area contributed by atoms with E-state index in [0.717, 1.165) is 37.0 Å². The van der Waals surface area contributed by atoms with Crippen LogP contribution in [-0.2, 0) is 24.6 Å². The topological polar surface area (TPSA) is 46.2 Å². The van der Waals surface area contributed by atoms with Gasteiger partial charge in [-0.2, -0.15) is 0 Å². The van der Waals surface area contributed by atoms with Crippen LogP contribution in [0.25, 0.3) is 0 Å². The number of benzene rings is 1. The Hall–Kier alpha value is -0.279. The highest BCUT2D eigenvalue weighted by Crippen LogP contribution is 2.52. The van der Waals surface area contributed by atoms with Crippen LogP contribution in [0.4, 0.5) is 0 Å². The van der Waals surface area contributed by atoms with Gasteiger partial charge in [-0.05, 0) is 149 Å². The van der Waals surface area contributed by atoms with Crippen molar-refractivity contribution in [3.05, 3.63) is 51.1 Å². The Balaban J connectivity index is 2.70. The van der Waals surface area contributed by atoms with E-state index in [9.17, 15) is 0 Å². The Morgan fingerprint density at radius 1 is 0.891 bits per heavy atom. The fraction of sp³-hybridized carbons (Fsp3) is 0.783. The molecule has 1 aromatic carbocycles. The van der Waals surface area contributed by atoms with Crippen molar-refractivity contribution >= 4 is 47.5 Å². The van der Waals surface area contributed by atoms with Crippen LogP contribution < -0.4 is 4.74 Å². The number of rotatable bonds is 21. The maximum atomic E-state index is 7.74. The molecule has 1 saturated carbocycles. The van der Waals surface area contributed by atoms with Gasteiger partial charge in [0.2, 0.25) is 0 Å². The van der Waals surface area contributed by atoms with Crippen molar-refractivity contribution in [1.29, 1.82) is 0 Å². The zero-order valence-electron chi connectivity index (χ0n) is 39.1. The molecule has 0 aliphatic heterocycles. The van der Waals surface area contributed by atoms with Gasteiger partial charge in [0, 0.05) is 5.92 Å². The van der Waals surface area contributed by atoms with E-state index in [4.69, 9.17) is 22.8 Å². The summed E-state index contributed by atoms with van der Waals surface area (Å²) in [6.45, 7) is 43.7. The first kappa shape index (κ1) is 50.9. The smallest absolute Gasteiger partial charge is 0.192 e. The van der Waals surface area contributed by atoms with E-state index >= 15 is 0 Å². The van der Waals surface area contributed by atoms with Crippen molar-refractivity contribution in [2.24, 2.45) is 17.3 Å². The summed E-state index contributed by atoms with van der Waals surface area (Å²) in [7, 11) is -4.49. The molecule has 0 bridgehead atoms. The molecule has 0 saturated heterocycles. The molecular formula is C46H85IO5Si3. The quantitative estimate of drug-likeness (QED) is 0.0698. The lowest BCUT2D eigenvalue weighted by atomic mass is 9.80. The van der Waals surface area contributed by atoms with Gasteiger partial charge in [0.05, 0.1) is 38.1 Å². The van der Waals surface area contributed by atoms with E-state index in [0.29, 0.717) is 19.1 Å². The van der Waals surface area contributed by atoms with Crippen LogP contribution in [0.15, 0.2) is 45.6 Å². The molecule has 9 heteroatoms. The second-order valence-corrected chi connectivity index (χ2v) is 36.6. The third-order valence-corrected chi connectivity index (χ3v) is 27.9. The van der Waals surface area contributed by atoms with Gasteiger partial charge in [-0.1, -0.05) is 113 Å². The largest absolute Gasteiger partial charge is 0.497 e. The van der Waals surface area contributed by atoms with E-state index in [1.54, 1.807) is 7.11 Å². The Morgan fingerprint density at radius 3 is 1.91 bits per heavy atom. The Morgan fingerprint density at radius 2 is 1.44 bits per heavy atom. The van der Waals surface area contributed by atoms with E-state index < -0.39 is 30.6 Å². The zero-order chi connectivity index (χ0) is 42.3. The van der Waals surface area contributed by atoms with Gasteiger partial charge in [0.1, 0.15) is 5.75 Å². The molecule has 5 atom stereocenters. The fourth-order valence-corrected chi connectivity index (χ4v) is 13.9. The van der Waals surface area contributed by atoms with Crippen LogP contribution >= 0.6 is 22.6 Å². The average molecular weight is 929 g/mol. The monoisotopic (exact) mass is 928 g/mol. The highest BCUT2D eigenvalue weighted by atomic mass is 127. The van der Waals surface area contributed by atoms with Gasteiger partial charge in [-0.3, -0.25) is 0 Å². The molecule has 1 fully saturated rings. The molecule has 0 radical (unpaired) electrons. The number of ether oxygens (including phenoxy) is 2. The maximum Gasteiger partial charge on any atom is 0.192 e. The molecule has 55 heavy (non-hydrogen) atoms. The minimum absolute atomic E-state index is 0.0326. The van der Waals surface area contributed by atoms with Crippen LogP contribution in [0, 0.1) is 17.3 Å². The fourth-order valence-electron chi connectivity index (χ4n) is 7.62. The van der Waals surface area contributed by atoms with Crippen LogP contribution in [0.3, 0.4) is 0 Å². The number of hydrogen-bond acceptors (Lipinski definition) is 5.